The molecule has 12 nitrogen and oxygen atoms in total. The zero-order valence-electron chi connectivity index (χ0n) is 24.6. The Morgan fingerprint density at radius 2 is 1.75 bits per heavy atom. The topological polar surface area (TPSA) is 150 Å². The van der Waals surface area contributed by atoms with Crippen LogP contribution in [0.15, 0.2) is 71.5 Å². The molecule has 1 fully saturated rings. The van der Waals surface area contributed by atoms with E-state index in [0.717, 1.165) is 42.2 Å². The van der Waals surface area contributed by atoms with Crippen LogP contribution in [0.25, 0.3) is 22.6 Å². The molecule has 6 rings (SSSR count). The first-order valence-corrected chi connectivity index (χ1v) is 14.7. The van der Waals surface area contributed by atoms with Gasteiger partial charge in [-0.2, -0.15) is 10.1 Å². The van der Waals surface area contributed by atoms with Gasteiger partial charge in [-0.1, -0.05) is 47.1 Å². The SMILES string of the molecule is Cn1cc(-c2ccccc2)nc1CCNC(=O)c1c(C(=O)N2CCC2)cnn1C.NCCc1nc(-c2ccc(Cl)cc2)no1. The zero-order chi connectivity index (χ0) is 31.1. The molecule has 0 bridgehead atoms. The number of rotatable bonds is 9. The molecular weight excluding hydrogens is 582 g/mol. The first-order valence-electron chi connectivity index (χ1n) is 14.3. The number of hydrogen-bond acceptors (Lipinski definition) is 8. The third kappa shape index (κ3) is 7.21. The smallest absolute Gasteiger partial charge is 0.270 e. The number of likely N-dealkylation sites (tertiary alicyclic amines) is 1. The standard InChI is InChI=1S/C21H24N6O2.C10H10ClN3O/c1-25-14-17(15-7-4-3-5-8-15)24-18(25)9-10-22-20(28)19-16(13-23-26(19)2)21(29)27-11-6-12-27;11-8-3-1-7(2-4-8)10-13-9(5-6-12)15-14-10/h3-5,7-8,13-14H,6,9-12H2,1-2H3,(H,22,28);1-4H,5-6,12H2. The minimum absolute atomic E-state index is 0.133. The molecule has 228 valence electrons. The van der Waals surface area contributed by atoms with E-state index in [-0.39, 0.29) is 11.8 Å². The van der Waals surface area contributed by atoms with Gasteiger partial charge in [0.2, 0.25) is 11.7 Å². The summed E-state index contributed by atoms with van der Waals surface area (Å²) >= 11 is 5.77. The normalized spacial score (nSPS) is 12.3. The Morgan fingerprint density at radius 1 is 1.00 bits per heavy atom. The molecule has 1 aliphatic rings. The molecule has 2 amide bonds. The van der Waals surface area contributed by atoms with Gasteiger partial charge >= 0.3 is 0 Å². The number of halogens is 1. The summed E-state index contributed by atoms with van der Waals surface area (Å²) in [5.74, 6) is 1.57. The van der Waals surface area contributed by atoms with E-state index in [2.05, 4.69) is 25.5 Å². The summed E-state index contributed by atoms with van der Waals surface area (Å²) in [6, 6.07) is 17.3. The average Bonchev–Trinajstić information content (AvgIpc) is 3.72. The van der Waals surface area contributed by atoms with Crippen molar-refractivity contribution in [3.63, 3.8) is 0 Å². The number of nitrogens with zero attached hydrogens (tertiary/aromatic N) is 7. The lowest BCUT2D eigenvalue weighted by atomic mass is 10.1. The van der Waals surface area contributed by atoms with E-state index >= 15 is 0 Å². The van der Waals surface area contributed by atoms with E-state index in [0.29, 0.717) is 53.9 Å². The molecule has 44 heavy (non-hydrogen) atoms. The van der Waals surface area contributed by atoms with Gasteiger partial charge in [-0.15, -0.1) is 0 Å². The molecule has 5 aromatic rings. The number of carbonyl (C=O) groups excluding carboxylic acids is 2. The van der Waals surface area contributed by atoms with Crippen molar-refractivity contribution in [2.24, 2.45) is 19.8 Å². The molecule has 1 aliphatic heterocycles. The number of aromatic nitrogens is 6. The van der Waals surface area contributed by atoms with Gasteiger partial charge in [0.25, 0.3) is 11.8 Å². The maximum absolute atomic E-state index is 12.7. The third-order valence-corrected chi connectivity index (χ3v) is 7.38. The monoisotopic (exact) mass is 615 g/mol. The molecule has 0 radical (unpaired) electrons. The number of amides is 2. The maximum atomic E-state index is 12.7. The summed E-state index contributed by atoms with van der Waals surface area (Å²) in [6.07, 6.45) is 5.64. The van der Waals surface area contributed by atoms with Gasteiger partial charge in [0.1, 0.15) is 11.5 Å². The molecule has 0 spiro atoms. The largest absolute Gasteiger partial charge is 0.350 e. The Kier molecular flexibility index (Phi) is 9.82. The van der Waals surface area contributed by atoms with Crippen LogP contribution in [0.4, 0.5) is 0 Å². The fourth-order valence-corrected chi connectivity index (χ4v) is 4.73. The summed E-state index contributed by atoms with van der Waals surface area (Å²) in [6.45, 7) is 2.39. The lowest BCUT2D eigenvalue weighted by molar-refractivity contribution is 0.0647. The van der Waals surface area contributed by atoms with Crippen LogP contribution in [-0.4, -0.2) is 72.4 Å². The number of hydrogen-bond donors (Lipinski definition) is 2. The highest BCUT2D eigenvalue weighted by atomic mass is 35.5. The van der Waals surface area contributed by atoms with Crippen LogP contribution in [0.3, 0.4) is 0 Å². The molecular formula is C31H34ClN9O3. The van der Waals surface area contributed by atoms with Gasteiger partial charge in [-0.25, -0.2) is 4.98 Å². The molecule has 3 N–H and O–H groups in total. The Labute approximate surface area is 259 Å². The molecule has 1 saturated heterocycles. The van der Waals surface area contributed by atoms with Gasteiger partial charge in [0, 0.05) is 75.5 Å². The summed E-state index contributed by atoms with van der Waals surface area (Å²) < 4.78 is 8.44. The van der Waals surface area contributed by atoms with Crippen LogP contribution < -0.4 is 11.1 Å². The van der Waals surface area contributed by atoms with E-state index in [4.69, 9.17) is 21.9 Å². The van der Waals surface area contributed by atoms with Crippen molar-refractivity contribution in [2.75, 3.05) is 26.2 Å². The van der Waals surface area contributed by atoms with E-state index in [1.807, 2.05) is 60.3 Å². The Balaban J connectivity index is 0.000000215. The fraction of sp³-hybridized carbons (Fsp3) is 0.290. The second-order valence-corrected chi connectivity index (χ2v) is 10.7. The van der Waals surface area contributed by atoms with Crippen molar-refractivity contribution in [1.82, 2.24) is 39.7 Å². The number of aryl methyl sites for hydroxylation is 2. The molecule has 0 atom stereocenters. The third-order valence-electron chi connectivity index (χ3n) is 7.13. The molecule has 4 heterocycles. The highest BCUT2D eigenvalue weighted by Gasteiger charge is 2.28. The van der Waals surface area contributed by atoms with Gasteiger partial charge < -0.3 is 25.0 Å². The number of nitrogens with one attached hydrogen (secondary N) is 1. The zero-order valence-corrected chi connectivity index (χ0v) is 25.4. The van der Waals surface area contributed by atoms with Crippen LogP contribution in [0.2, 0.25) is 5.02 Å². The van der Waals surface area contributed by atoms with Crippen molar-refractivity contribution in [3.05, 3.63) is 95.0 Å². The van der Waals surface area contributed by atoms with Gasteiger partial charge in [0.05, 0.1) is 17.5 Å². The number of imidazole rings is 1. The molecule has 2 aromatic carbocycles. The summed E-state index contributed by atoms with van der Waals surface area (Å²) in [7, 11) is 3.62. The minimum atomic E-state index is -0.300. The van der Waals surface area contributed by atoms with Crippen LogP contribution in [0.1, 0.15) is 39.0 Å². The molecule has 13 heteroatoms. The van der Waals surface area contributed by atoms with Crippen molar-refractivity contribution in [1.29, 1.82) is 0 Å². The van der Waals surface area contributed by atoms with Crippen LogP contribution in [0, 0.1) is 0 Å². The van der Waals surface area contributed by atoms with Crippen LogP contribution in [0.5, 0.6) is 0 Å². The summed E-state index contributed by atoms with van der Waals surface area (Å²) in [4.78, 5) is 35.8. The van der Waals surface area contributed by atoms with Gasteiger partial charge in [0.15, 0.2) is 0 Å². The van der Waals surface area contributed by atoms with Crippen LogP contribution >= 0.6 is 11.6 Å². The molecule has 3 aromatic heterocycles. The van der Waals surface area contributed by atoms with Gasteiger partial charge in [-0.05, 0) is 30.7 Å². The Bertz CT molecular complexity index is 1710. The Morgan fingerprint density at radius 3 is 2.43 bits per heavy atom. The second-order valence-electron chi connectivity index (χ2n) is 10.3. The quantitative estimate of drug-likeness (QED) is 0.256. The van der Waals surface area contributed by atoms with E-state index in [9.17, 15) is 9.59 Å². The average molecular weight is 616 g/mol. The highest BCUT2D eigenvalue weighted by Crippen LogP contribution is 2.20. The number of benzene rings is 2. The predicted octanol–water partition coefficient (Wildman–Crippen LogP) is 3.53. The first-order chi connectivity index (χ1) is 21.3. The Hall–Kier alpha value is -4.81. The van der Waals surface area contributed by atoms with Crippen molar-refractivity contribution in [3.8, 4) is 22.6 Å². The lowest BCUT2D eigenvalue weighted by Crippen LogP contribution is -2.43. The fourth-order valence-electron chi connectivity index (χ4n) is 4.61. The van der Waals surface area contributed by atoms with E-state index in [1.54, 1.807) is 24.1 Å². The second kappa shape index (κ2) is 14.1. The number of carbonyl (C=O) groups is 2. The van der Waals surface area contributed by atoms with Crippen LogP contribution in [-0.2, 0) is 26.9 Å². The predicted molar refractivity (Wildman–Crippen MR) is 166 cm³/mol. The van der Waals surface area contributed by atoms with Crippen molar-refractivity contribution in [2.45, 2.75) is 19.3 Å². The molecule has 0 unspecified atom stereocenters. The molecule has 0 saturated carbocycles. The van der Waals surface area contributed by atoms with E-state index in [1.165, 1.54) is 10.9 Å². The van der Waals surface area contributed by atoms with Crippen molar-refractivity contribution >= 4 is 23.4 Å². The van der Waals surface area contributed by atoms with E-state index < -0.39 is 0 Å². The van der Waals surface area contributed by atoms with Crippen molar-refractivity contribution < 1.29 is 14.1 Å². The van der Waals surface area contributed by atoms with Gasteiger partial charge in [-0.3, -0.25) is 14.3 Å². The highest BCUT2D eigenvalue weighted by molar-refractivity contribution is 6.30. The summed E-state index contributed by atoms with van der Waals surface area (Å²) in [5.41, 5.74) is 8.88. The maximum Gasteiger partial charge on any atom is 0.270 e. The lowest BCUT2D eigenvalue weighted by Gasteiger charge is -2.30. The first kappa shape index (κ1) is 30.6. The summed E-state index contributed by atoms with van der Waals surface area (Å²) in [5, 5.41) is 11.5. The number of nitrogens with two attached hydrogens (primary N) is 1. The minimum Gasteiger partial charge on any atom is -0.350 e. The molecule has 0 aliphatic carbocycles.